The van der Waals surface area contributed by atoms with Gasteiger partial charge in [-0.3, -0.25) is 4.79 Å². The van der Waals surface area contributed by atoms with E-state index in [0.29, 0.717) is 25.9 Å². The van der Waals surface area contributed by atoms with Crippen LogP contribution in [0.25, 0.3) is 0 Å². The molecule has 0 saturated carbocycles. The summed E-state index contributed by atoms with van der Waals surface area (Å²) < 4.78 is 25.1. The molecule has 0 aromatic carbocycles. The molecule has 6 heteroatoms. The number of amides is 1. The highest BCUT2D eigenvalue weighted by atomic mass is 32.2. The summed E-state index contributed by atoms with van der Waals surface area (Å²) >= 11 is 0. The summed E-state index contributed by atoms with van der Waals surface area (Å²) in [6, 6.07) is 0. The van der Waals surface area contributed by atoms with Crippen molar-refractivity contribution in [2.45, 2.75) is 26.2 Å². The number of sulfonamides is 1. The highest BCUT2D eigenvalue weighted by Crippen LogP contribution is 2.20. The Labute approximate surface area is 97.2 Å². The minimum absolute atomic E-state index is 0.0619. The smallest absolute Gasteiger partial charge is 0.224 e. The van der Waals surface area contributed by atoms with Crippen LogP contribution in [0, 0.1) is 5.92 Å². The van der Waals surface area contributed by atoms with Gasteiger partial charge in [0.2, 0.25) is 15.9 Å². The molecule has 1 N–H and O–H groups in total. The van der Waals surface area contributed by atoms with Crippen LogP contribution >= 0.6 is 0 Å². The van der Waals surface area contributed by atoms with Crippen LogP contribution in [0.15, 0.2) is 0 Å². The molecule has 0 bridgehead atoms. The van der Waals surface area contributed by atoms with Gasteiger partial charge in [-0.25, -0.2) is 12.7 Å². The average Bonchev–Trinajstić information content (AvgIpc) is 2.75. The monoisotopic (exact) mass is 248 g/mol. The third-order valence-corrected chi connectivity index (χ3v) is 4.84. The Kier molecular flexibility index (Phi) is 4.73. The van der Waals surface area contributed by atoms with E-state index < -0.39 is 10.0 Å². The van der Waals surface area contributed by atoms with E-state index in [1.165, 1.54) is 4.31 Å². The molecule has 1 heterocycles. The zero-order chi connectivity index (χ0) is 12.2. The van der Waals surface area contributed by atoms with Crippen LogP contribution in [0.2, 0.25) is 0 Å². The van der Waals surface area contributed by atoms with Crippen molar-refractivity contribution in [3.63, 3.8) is 0 Å². The predicted octanol–water partition coefficient (Wildman–Crippen LogP) is 0.184. The maximum Gasteiger partial charge on any atom is 0.224 e. The maximum absolute atomic E-state index is 11.8. The predicted molar refractivity (Wildman–Crippen MR) is 62.4 cm³/mol. The van der Waals surface area contributed by atoms with Crippen LogP contribution in [-0.4, -0.2) is 44.5 Å². The fourth-order valence-electron chi connectivity index (χ4n) is 1.85. The van der Waals surface area contributed by atoms with E-state index in [4.69, 9.17) is 0 Å². The molecule has 0 aromatic rings. The lowest BCUT2D eigenvalue weighted by Crippen LogP contribution is -2.34. The Morgan fingerprint density at radius 1 is 1.50 bits per heavy atom. The summed E-state index contributed by atoms with van der Waals surface area (Å²) in [5.41, 5.74) is 0. The number of unbranched alkanes of at least 4 members (excludes halogenated alkanes) is 1. The second kappa shape index (κ2) is 5.63. The number of carbonyl (C=O) groups is 1. The van der Waals surface area contributed by atoms with Gasteiger partial charge >= 0.3 is 0 Å². The largest absolute Gasteiger partial charge is 0.359 e. The Bertz CT molecular complexity index is 340. The fourth-order valence-corrected chi connectivity index (χ4v) is 3.56. The molecule has 0 radical (unpaired) electrons. The molecule has 94 valence electrons. The molecule has 1 atom stereocenters. The van der Waals surface area contributed by atoms with Crippen LogP contribution in [0.1, 0.15) is 26.2 Å². The van der Waals surface area contributed by atoms with E-state index in [1.54, 1.807) is 7.05 Å². The molecular formula is C10H20N2O3S. The van der Waals surface area contributed by atoms with Gasteiger partial charge in [-0.15, -0.1) is 0 Å². The number of nitrogens with zero attached hydrogens (tertiary/aromatic N) is 1. The number of rotatable bonds is 5. The zero-order valence-electron chi connectivity index (χ0n) is 9.90. The number of carbonyl (C=O) groups excluding carboxylic acids is 1. The van der Waals surface area contributed by atoms with Crippen molar-refractivity contribution in [2.24, 2.45) is 5.92 Å². The van der Waals surface area contributed by atoms with Crippen LogP contribution < -0.4 is 5.32 Å². The van der Waals surface area contributed by atoms with Gasteiger partial charge in [-0.1, -0.05) is 13.3 Å². The molecule has 1 amide bonds. The third-order valence-electron chi connectivity index (χ3n) is 2.92. The molecule has 0 spiro atoms. The standard InChI is InChI=1S/C10H20N2O3S/c1-3-4-7-16(14,15)12-6-5-9(8-12)10(13)11-2/h9H,3-8H2,1-2H3,(H,11,13). The first-order valence-corrected chi connectivity index (χ1v) is 7.31. The second-order valence-corrected chi connectivity index (χ2v) is 6.22. The summed E-state index contributed by atoms with van der Waals surface area (Å²) in [7, 11) is -1.56. The number of hydrogen-bond acceptors (Lipinski definition) is 3. The highest BCUT2D eigenvalue weighted by Gasteiger charge is 2.33. The van der Waals surface area contributed by atoms with E-state index in [2.05, 4.69) is 5.32 Å². The summed E-state index contributed by atoms with van der Waals surface area (Å²) in [4.78, 5) is 11.4. The normalized spacial score (nSPS) is 22.2. The first-order chi connectivity index (χ1) is 7.51. The first kappa shape index (κ1) is 13.4. The highest BCUT2D eigenvalue weighted by molar-refractivity contribution is 7.89. The SMILES string of the molecule is CCCCS(=O)(=O)N1CCC(C(=O)NC)C1. The van der Waals surface area contributed by atoms with Crippen molar-refractivity contribution in [1.29, 1.82) is 0 Å². The van der Waals surface area contributed by atoms with Gasteiger partial charge in [0.15, 0.2) is 0 Å². The van der Waals surface area contributed by atoms with E-state index >= 15 is 0 Å². The van der Waals surface area contributed by atoms with Gasteiger partial charge in [0.25, 0.3) is 0 Å². The number of nitrogens with one attached hydrogen (secondary N) is 1. The lowest BCUT2D eigenvalue weighted by molar-refractivity contribution is -0.123. The van der Waals surface area contributed by atoms with Gasteiger partial charge in [-0.05, 0) is 12.8 Å². The van der Waals surface area contributed by atoms with Gasteiger partial charge in [0, 0.05) is 20.1 Å². The second-order valence-electron chi connectivity index (χ2n) is 4.13. The molecule has 1 saturated heterocycles. The van der Waals surface area contributed by atoms with Crippen LogP contribution in [0.4, 0.5) is 0 Å². The van der Waals surface area contributed by atoms with Gasteiger partial charge in [-0.2, -0.15) is 0 Å². The lowest BCUT2D eigenvalue weighted by Gasteiger charge is -2.15. The van der Waals surface area contributed by atoms with Crippen molar-refractivity contribution in [1.82, 2.24) is 9.62 Å². The Balaban J connectivity index is 2.55. The molecule has 1 fully saturated rings. The summed E-state index contributed by atoms with van der Waals surface area (Å²) in [6.45, 7) is 2.78. The van der Waals surface area contributed by atoms with Crippen LogP contribution in [0.5, 0.6) is 0 Å². The molecule has 5 nitrogen and oxygen atoms in total. The van der Waals surface area contributed by atoms with E-state index in [0.717, 1.165) is 6.42 Å². The Morgan fingerprint density at radius 3 is 2.75 bits per heavy atom. The topological polar surface area (TPSA) is 66.5 Å². The molecule has 1 rings (SSSR count). The van der Waals surface area contributed by atoms with Crippen LogP contribution in [0.3, 0.4) is 0 Å². The molecule has 1 aliphatic heterocycles. The van der Waals surface area contributed by atoms with Gasteiger partial charge in [0.05, 0.1) is 11.7 Å². The van der Waals surface area contributed by atoms with Crippen molar-refractivity contribution in [3.05, 3.63) is 0 Å². The van der Waals surface area contributed by atoms with E-state index in [9.17, 15) is 13.2 Å². The minimum Gasteiger partial charge on any atom is -0.359 e. The summed E-state index contributed by atoms with van der Waals surface area (Å²) in [6.07, 6.45) is 2.18. The summed E-state index contributed by atoms with van der Waals surface area (Å²) in [5, 5.41) is 2.56. The Morgan fingerprint density at radius 2 is 2.19 bits per heavy atom. The molecule has 1 aliphatic rings. The fraction of sp³-hybridized carbons (Fsp3) is 0.900. The Hall–Kier alpha value is -0.620. The molecule has 0 aliphatic carbocycles. The van der Waals surface area contributed by atoms with E-state index in [1.807, 2.05) is 6.92 Å². The van der Waals surface area contributed by atoms with Gasteiger partial charge in [0.1, 0.15) is 0 Å². The van der Waals surface area contributed by atoms with Crippen molar-refractivity contribution < 1.29 is 13.2 Å². The van der Waals surface area contributed by atoms with Gasteiger partial charge < -0.3 is 5.32 Å². The first-order valence-electron chi connectivity index (χ1n) is 5.70. The van der Waals surface area contributed by atoms with E-state index in [-0.39, 0.29) is 17.6 Å². The average molecular weight is 248 g/mol. The zero-order valence-corrected chi connectivity index (χ0v) is 10.7. The van der Waals surface area contributed by atoms with Crippen molar-refractivity contribution >= 4 is 15.9 Å². The molecule has 16 heavy (non-hydrogen) atoms. The summed E-state index contributed by atoms with van der Waals surface area (Å²) in [5.74, 6) is -0.0427. The molecule has 0 aromatic heterocycles. The van der Waals surface area contributed by atoms with Crippen molar-refractivity contribution in [2.75, 3.05) is 25.9 Å². The maximum atomic E-state index is 11.8. The van der Waals surface area contributed by atoms with Crippen LogP contribution in [-0.2, 0) is 14.8 Å². The number of hydrogen-bond donors (Lipinski definition) is 1. The minimum atomic E-state index is -3.14. The molecule has 1 unspecified atom stereocenters. The molecular weight excluding hydrogens is 228 g/mol. The third kappa shape index (κ3) is 3.18. The quantitative estimate of drug-likeness (QED) is 0.755. The lowest BCUT2D eigenvalue weighted by atomic mass is 10.1. The van der Waals surface area contributed by atoms with Crippen molar-refractivity contribution in [3.8, 4) is 0 Å².